The van der Waals surface area contributed by atoms with Gasteiger partial charge in [0.05, 0.1) is 25.8 Å². The molecule has 0 saturated carbocycles. The van der Waals surface area contributed by atoms with Gasteiger partial charge in [-0.2, -0.15) is 0 Å². The number of aromatic hydroxyl groups is 1. The number of benzene rings is 4. The van der Waals surface area contributed by atoms with Gasteiger partial charge in [-0.1, -0.05) is 71.6 Å². The molecule has 1 aromatic heterocycles. The van der Waals surface area contributed by atoms with Crippen LogP contribution in [0.5, 0.6) is 17.2 Å². The van der Waals surface area contributed by atoms with Crippen LogP contribution in [-0.4, -0.2) is 46.3 Å². The first-order valence-corrected chi connectivity index (χ1v) is 15.1. The van der Waals surface area contributed by atoms with E-state index in [0.29, 0.717) is 15.7 Å². The molecular weight excluding hydrogens is 605 g/mol. The number of aliphatic hydroxyl groups excluding tert-OH is 1. The summed E-state index contributed by atoms with van der Waals surface area (Å²) in [5, 5.41) is 32.4. The van der Waals surface area contributed by atoms with Crippen molar-refractivity contribution in [2.45, 2.75) is 16.1 Å². The largest absolute Gasteiger partial charge is 0.507 e. The Kier molecular flexibility index (Phi) is 7.93. The number of methoxy groups -OCH3 is 2. The Bertz CT molecular complexity index is 1950. The van der Waals surface area contributed by atoms with Gasteiger partial charge in [0.25, 0.3) is 5.78 Å². The van der Waals surface area contributed by atoms with Crippen molar-refractivity contribution in [3.8, 4) is 17.2 Å². The Morgan fingerprint density at radius 1 is 0.977 bits per heavy atom. The highest BCUT2D eigenvalue weighted by Crippen LogP contribution is 2.45. The molecule has 1 saturated heterocycles. The molecule has 0 aliphatic carbocycles. The lowest BCUT2D eigenvalue weighted by molar-refractivity contribution is -0.132. The van der Waals surface area contributed by atoms with Crippen LogP contribution in [0.3, 0.4) is 0 Å². The molecule has 1 aliphatic heterocycles. The molecule has 44 heavy (non-hydrogen) atoms. The van der Waals surface area contributed by atoms with Gasteiger partial charge < -0.3 is 19.7 Å². The number of carbonyl (C=O) groups is 2. The van der Waals surface area contributed by atoms with Crippen LogP contribution in [0.4, 0.5) is 9.52 Å². The van der Waals surface area contributed by atoms with Crippen LogP contribution in [0.2, 0.25) is 0 Å². The highest BCUT2D eigenvalue weighted by molar-refractivity contribution is 8.00. The summed E-state index contributed by atoms with van der Waals surface area (Å²) in [5.74, 6) is -2.80. The first-order chi connectivity index (χ1) is 21.3. The number of Topliss-reactive ketones (excluding diaryl/α,β-unsaturated/α-hetero) is 1. The summed E-state index contributed by atoms with van der Waals surface area (Å²) in [4.78, 5) is 28.2. The van der Waals surface area contributed by atoms with E-state index >= 15 is 0 Å². The molecule has 0 bridgehead atoms. The van der Waals surface area contributed by atoms with E-state index in [2.05, 4.69) is 16.3 Å². The number of halogens is 1. The molecule has 2 N–H and O–H groups in total. The lowest BCUT2D eigenvalue weighted by Crippen LogP contribution is -2.29. The smallest absolute Gasteiger partial charge is 0.301 e. The number of aromatic nitrogens is 2. The predicted octanol–water partition coefficient (Wildman–Crippen LogP) is 6.47. The fourth-order valence-corrected chi connectivity index (χ4v) is 6.97. The molecule has 5 aromatic rings. The minimum Gasteiger partial charge on any atom is -0.507 e. The Morgan fingerprint density at radius 3 is 2.52 bits per heavy atom. The summed E-state index contributed by atoms with van der Waals surface area (Å²) in [6.07, 6.45) is 0. The Morgan fingerprint density at radius 2 is 1.75 bits per heavy atom. The van der Waals surface area contributed by atoms with Gasteiger partial charge in [-0.25, -0.2) is 4.39 Å². The van der Waals surface area contributed by atoms with Crippen molar-refractivity contribution in [2.75, 3.05) is 19.1 Å². The number of amides is 1. The second-order valence-electron chi connectivity index (χ2n) is 9.73. The van der Waals surface area contributed by atoms with Gasteiger partial charge in [-0.15, -0.1) is 10.2 Å². The first-order valence-electron chi connectivity index (χ1n) is 13.3. The van der Waals surface area contributed by atoms with Crippen molar-refractivity contribution in [1.82, 2.24) is 10.2 Å². The molecule has 1 atom stereocenters. The Balaban J connectivity index is 1.40. The standard InChI is InChI=1S/C32H24FN3O6S2/c1-41-24-13-11-19(14-22(24)33)28(38)26-27(18-10-12-23(37)25(15-18)42-2)36(30(40)29(26)39)31-34-35-32(44-31)43-16-20-8-5-7-17-6-3-4-9-21(17)20/h3-15,27,37-38H,16H2,1-2H3/b28-26-. The average Bonchev–Trinajstić information content (AvgIpc) is 3.61. The summed E-state index contributed by atoms with van der Waals surface area (Å²) < 4.78 is 25.4. The number of anilines is 1. The number of ketones is 1. The van der Waals surface area contributed by atoms with Gasteiger partial charge in [-0.05, 0) is 52.2 Å². The fraction of sp³-hybridized carbons (Fsp3) is 0.125. The molecule has 1 amide bonds. The number of hydrogen-bond donors (Lipinski definition) is 2. The predicted molar refractivity (Wildman–Crippen MR) is 166 cm³/mol. The van der Waals surface area contributed by atoms with E-state index in [9.17, 15) is 24.2 Å². The molecule has 1 unspecified atom stereocenters. The third kappa shape index (κ3) is 5.22. The fourth-order valence-electron chi connectivity index (χ4n) is 5.09. The number of carbonyl (C=O) groups excluding carboxylic acids is 2. The van der Waals surface area contributed by atoms with Gasteiger partial charge in [-0.3, -0.25) is 14.5 Å². The Hall–Kier alpha value is -4.94. The number of hydrogen-bond acceptors (Lipinski definition) is 10. The summed E-state index contributed by atoms with van der Waals surface area (Å²) in [6, 6.07) is 21.0. The molecule has 222 valence electrons. The molecule has 0 spiro atoms. The normalized spacial score (nSPS) is 16.1. The molecule has 6 rings (SSSR count). The lowest BCUT2D eigenvalue weighted by Gasteiger charge is -2.23. The highest BCUT2D eigenvalue weighted by atomic mass is 32.2. The minimum absolute atomic E-state index is 0.0272. The number of aliphatic hydroxyl groups is 1. The molecule has 1 aliphatic rings. The molecule has 4 aromatic carbocycles. The zero-order valence-corrected chi connectivity index (χ0v) is 25.0. The topological polar surface area (TPSA) is 122 Å². The minimum atomic E-state index is -1.18. The van der Waals surface area contributed by atoms with Crippen LogP contribution < -0.4 is 14.4 Å². The summed E-state index contributed by atoms with van der Waals surface area (Å²) >= 11 is 2.56. The number of rotatable bonds is 8. The van der Waals surface area contributed by atoms with Crippen LogP contribution >= 0.6 is 23.1 Å². The molecule has 0 radical (unpaired) electrons. The quantitative estimate of drug-likeness (QED) is 0.0654. The van der Waals surface area contributed by atoms with Crippen LogP contribution in [0.15, 0.2) is 88.8 Å². The van der Waals surface area contributed by atoms with Gasteiger partial charge in [0.2, 0.25) is 5.13 Å². The monoisotopic (exact) mass is 629 g/mol. The molecule has 1 fully saturated rings. The van der Waals surface area contributed by atoms with Crippen LogP contribution in [0.1, 0.15) is 22.7 Å². The number of nitrogens with zero attached hydrogens (tertiary/aromatic N) is 3. The van der Waals surface area contributed by atoms with E-state index in [0.717, 1.165) is 38.6 Å². The van der Waals surface area contributed by atoms with Crippen molar-refractivity contribution in [1.29, 1.82) is 0 Å². The lowest BCUT2D eigenvalue weighted by atomic mass is 9.95. The number of phenolic OH excluding ortho intramolecular Hbond substituents is 1. The first kappa shape index (κ1) is 29.1. The van der Waals surface area contributed by atoms with Gasteiger partial charge >= 0.3 is 5.91 Å². The van der Waals surface area contributed by atoms with Gasteiger partial charge in [0.15, 0.2) is 27.4 Å². The van der Waals surface area contributed by atoms with E-state index < -0.39 is 29.3 Å². The average molecular weight is 630 g/mol. The number of thioether (sulfide) groups is 1. The van der Waals surface area contributed by atoms with Crippen molar-refractivity contribution in [2.24, 2.45) is 0 Å². The zero-order chi connectivity index (χ0) is 31.0. The third-order valence-corrected chi connectivity index (χ3v) is 9.33. The number of phenols is 1. The van der Waals surface area contributed by atoms with Crippen molar-refractivity contribution < 1.29 is 33.7 Å². The highest BCUT2D eigenvalue weighted by Gasteiger charge is 2.48. The third-order valence-electron chi connectivity index (χ3n) is 7.22. The molecule has 12 heteroatoms. The van der Waals surface area contributed by atoms with Crippen LogP contribution in [0, 0.1) is 5.82 Å². The maximum Gasteiger partial charge on any atom is 0.301 e. The number of fused-ring (bicyclic) bond motifs is 1. The Labute approximate surface area is 259 Å². The van der Waals surface area contributed by atoms with Gasteiger partial charge in [0.1, 0.15) is 5.76 Å². The molecule has 2 heterocycles. The van der Waals surface area contributed by atoms with E-state index in [4.69, 9.17) is 9.47 Å². The SMILES string of the molecule is COc1cc(C2/C(=C(/O)c3ccc(OC)c(F)c3)C(=O)C(=O)N2c2nnc(SCc3cccc4ccccc34)s2)ccc1O. The van der Waals surface area contributed by atoms with E-state index in [1.54, 1.807) is 0 Å². The second kappa shape index (κ2) is 12.0. The van der Waals surface area contributed by atoms with E-state index in [-0.39, 0.29) is 33.5 Å². The number of ether oxygens (including phenoxy) is 2. The van der Waals surface area contributed by atoms with Gasteiger partial charge in [0, 0.05) is 11.3 Å². The summed E-state index contributed by atoms with van der Waals surface area (Å²) in [7, 11) is 2.67. The van der Waals surface area contributed by atoms with Crippen LogP contribution in [-0.2, 0) is 15.3 Å². The summed E-state index contributed by atoms with van der Waals surface area (Å²) in [6.45, 7) is 0. The van der Waals surface area contributed by atoms with Crippen molar-refractivity contribution in [3.05, 3.63) is 107 Å². The second-order valence-corrected chi connectivity index (χ2v) is 11.9. The molecule has 9 nitrogen and oxygen atoms in total. The van der Waals surface area contributed by atoms with Crippen molar-refractivity contribution in [3.63, 3.8) is 0 Å². The van der Waals surface area contributed by atoms with Crippen molar-refractivity contribution >= 4 is 56.5 Å². The maximum atomic E-state index is 14.6. The molecular formula is C32H24FN3O6S2. The van der Waals surface area contributed by atoms with E-state index in [1.807, 2.05) is 36.4 Å². The van der Waals surface area contributed by atoms with E-state index in [1.165, 1.54) is 56.3 Å². The van der Waals surface area contributed by atoms with Crippen LogP contribution in [0.25, 0.3) is 16.5 Å². The maximum absolute atomic E-state index is 14.6. The summed E-state index contributed by atoms with van der Waals surface area (Å²) in [5.41, 5.74) is 1.14. The zero-order valence-electron chi connectivity index (χ0n) is 23.4.